The smallest absolute Gasteiger partial charge is 0.207 e. The van der Waals surface area contributed by atoms with Crippen LogP contribution in [0.25, 0.3) is 0 Å². The summed E-state index contributed by atoms with van der Waals surface area (Å²) in [6.07, 6.45) is 2.31. The SMILES string of the molecule is C=CCCN(CC(=C)Br)S(=O)(=O)c1ccc(C)cc1. The molecule has 0 bridgehead atoms. The second-order valence-electron chi connectivity index (χ2n) is 4.25. The predicted octanol–water partition coefficient (Wildman–Crippen LogP) is 3.47. The van der Waals surface area contributed by atoms with Crippen LogP contribution in [0.5, 0.6) is 0 Å². The molecule has 3 nitrogen and oxygen atoms in total. The lowest BCUT2D eigenvalue weighted by Crippen LogP contribution is -2.32. The summed E-state index contributed by atoms with van der Waals surface area (Å²) >= 11 is 3.22. The van der Waals surface area contributed by atoms with E-state index in [1.807, 2.05) is 6.92 Å². The maximum Gasteiger partial charge on any atom is 0.243 e. The molecule has 0 radical (unpaired) electrons. The lowest BCUT2D eigenvalue weighted by atomic mass is 10.2. The van der Waals surface area contributed by atoms with E-state index in [1.165, 1.54) is 4.31 Å². The van der Waals surface area contributed by atoms with Crippen LogP contribution in [-0.2, 0) is 10.0 Å². The number of benzene rings is 1. The Kier molecular flexibility index (Phi) is 5.97. The van der Waals surface area contributed by atoms with Gasteiger partial charge in [-0.05, 0) is 25.5 Å². The van der Waals surface area contributed by atoms with Gasteiger partial charge < -0.3 is 0 Å². The fourth-order valence-electron chi connectivity index (χ4n) is 1.57. The Morgan fingerprint density at radius 3 is 2.42 bits per heavy atom. The molecule has 0 aliphatic heterocycles. The summed E-state index contributed by atoms with van der Waals surface area (Å²) in [6, 6.07) is 6.84. The first-order chi connectivity index (χ1) is 8.87. The molecule has 0 aliphatic rings. The molecule has 0 heterocycles. The highest BCUT2D eigenvalue weighted by Crippen LogP contribution is 2.19. The molecule has 0 unspecified atom stereocenters. The summed E-state index contributed by atoms with van der Waals surface area (Å²) in [5, 5.41) is 0. The number of hydrogen-bond donors (Lipinski definition) is 0. The molecular formula is C14H18BrNO2S. The molecule has 1 rings (SSSR count). The van der Waals surface area contributed by atoms with E-state index in [9.17, 15) is 8.42 Å². The molecular weight excluding hydrogens is 326 g/mol. The Bertz CT molecular complexity index is 549. The fraction of sp³-hybridized carbons (Fsp3) is 0.286. The van der Waals surface area contributed by atoms with Crippen LogP contribution < -0.4 is 0 Å². The maximum absolute atomic E-state index is 12.5. The van der Waals surface area contributed by atoms with Crippen molar-refractivity contribution in [1.82, 2.24) is 4.31 Å². The summed E-state index contributed by atoms with van der Waals surface area (Å²) < 4.78 is 27.1. The molecule has 0 N–H and O–H groups in total. The highest BCUT2D eigenvalue weighted by molar-refractivity contribution is 9.11. The minimum absolute atomic E-state index is 0.254. The van der Waals surface area contributed by atoms with Crippen LogP contribution in [0.15, 0.2) is 52.9 Å². The van der Waals surface area contributed by atoms with Crippen LogP contribution in [0, 0.1) is 6.92 Å². The van der Waals surface area contributed by atoms with E-state index in [4.69, 9.17) is 0 Å². The standard InChI is InChI=1S/C14H18BrNO2S/c1-4-5-10-16(11-13(3)15)19(17,18)14-8-6-12(2)7-9-14/h4,6-9H,1,3,5,10-11H2,2H3. The molecule has 0 atom stereocenters. The molecule has 5 heteroatoms. The largest absolute Gasteiger partial charge is 0.243 e. The lowest BCUT2D eigenvalue weighted by molar-refractivity contribution is 0.447. The summed E-state index contributed by atoms with van der Waals surface area (Å²) in [7, 11) is -3.49. The third kappa shape index (κ3) is 4.60. The van der Waals surface area contributed by atoms with E-state index in [2.05, 4.69) is 29.1 Å². The van der Waals surface area contributed by atoms with E-state index in [-0.39, 0.29) is 6.54 Å². The maximum atomic E-state index is 12.5. The Morgan fingerprint density at radius 1 is 1.37 bits per heavy atom. The Morgan fingerprint density at radius 2 is 1.95 bits per heavy atom. The average Bonchev–Trinajstić information content (AvgIpc) is 2.34. The molecule has 0 aromatic heterocycles. The van der Waals surface area contributed by atoms with Gasteiger partial charge in [-0.25, -0.2) is 8.42 Å². The van der Waals surface area contributed by atoms with Crippen molar-refractivity contribution in [2.24, 2.45) is 0 Å². The van der Waals surface area contributed by atoms with Crippen molar-refractivity contribution in [3.8, 4) is 0 Å². The monoisotopic (exact) mass is 343 g/mol. The molecule has 0 saturated heterocycles. The second kappa shape index (κ2) is 7.03. The van der Waals surface area contributed by atoms with Gasteiger partial charge >= 0.3 is 0 Å². The van der Waals surface area contributed by atoms with Crippen LogP contribution in [0.4, 0.5) is 0 Å². The first-order valence-corrected chi connectivity index (χ1v) is 8.12. The van der Waals surface area contributed by atoms with Crippen LogP contribution in [0.3, 0.4) is 0 Å². The third-order valence-corrected chi connectivity index (χ3v) is 4.70. The molecule has 0 fully saturated rings. The zero-order valence-corrected chi connectivity index (χ0v) is 13.4. The highest BCUT2D eigenvalue weighted by atomic mass is 79.9. The number of sulfonamides is 1. The zero-order valence-electron chi connectivity index (χ0n) is 11.0. The van der Waals surface area contributed by atoms with Crippen LogP contribution >= 0.6 is 15.9 Å². The normalized spacial score (nSPS) is 11.5. The number of rotatable bonds is 7. The molecule has 0 spiro atoms. The van der Waals surface area contributed by atoms with Crippen molar-refractivity contribution in [2.45, 2.75) is 18.2 Å². The molecule has 0 aliphatic carbocycles. The van der Waals surface area contributed by atoms with Crippen LogP contribution in [0.1, 0.15) is 12.0 Å². The van der Waals surface area contributed by atoms with Crippen molar-refractivity contribution in [3.63, 3.8) is 0 Å². The molecule has 0 amide bonds. The van der Waals surface area contributed by atoms with Gasteiger partial charge in [-0.2, -0.15) is 4.31 Å². The summed E-state index contributed by atoms with van der Waals surface area (Å²) in [4.78, 5) is 0.302. The molecule has 104 valence electrons. The average molecular weight is 344 g/mol. The lowest BCUT2D eigenvalue weighted by Gasteiger charge is -2.21. The van der Waals surface area contributed by atoms with Crippen molar-refractivity contribution < 1.29 is 8.42 Å². The van der Waals surface area contributed by atoms with E-state index < -0.39 is 10.0 Å². The number of nitrogens with zero attached hydrogens (tertiary/aromatic N) is 1. The molecule has 19 heavy (non-hydrogen) atoms. The number of hydrogen-bond acceptors (Lipinski definition) is 2. The Labute approximate surface area is 123 Å². The van der Waals surface area contributed by atoms with Crippen LogP contribution in [0.2, 0.25) is 0 Å². The van der Waals surface area contributed by atoms with Gasteiger partial charge in [-0.3, -0.25) is 0 Å². The van der Waals surface area contributed by atoms with Gasteiger partial charge in [0.15, 0.2) is 0 Å². The summed E-state index contributed by atoms with van der Waals surface area (Å²) in [6.45, 7) is 9.90. The van der Waals surface area contributed by atoms with Gasteiger partial charge in [0.05, 0.1) is 4.90 Å². The third-order valence-electron chi connectivity index (χ3n) is 2.59. The molecule has 1 aromatic rings. The van der Waals surface area contributed by atoms with Gasteiger partial charge in [-0.1, -0.05) is 46.3 Å². The highest BCUT2D eigenvalue weighted by Gasteiger charge is 2.23. The topological polar surface area (TPSA) is 37.4 Å². The molecule has 0 saturated carbocycles. The van der Waals surface area contributed by atoms with Crippen molar-refractivity contribution in [1.29, 1.82) is 0 Å². The summed E-state index contributed by atoms with van der Waals surface area (Å²) in [5.74, 6) is 0. The van der Waals surface area contributed by atoms with Gasteiger partial charge in [0.2, 0.25) is 10.0 Å². The predicted molar refractivity (Wildman–Crippen MR) is 82.8 cm³/mol. The van der Waals surface area contributed by atoms with Crippen LogP contribution in [-0.4, -0.2) is 25.8 Å². The Balaban J connectivity index is 3.07. The van der Waals surface area contributed by atoms with Gasteiger partial charge in [-0.15, -0.1) is 6.58 Å². The van der Waals surface area contributed by atoms with E-state index in [1.54, 1.807) is 30.3 Å². The van der Waals surface area contributed by atoms with Gasteiger partial charge in [0.1, 0.15) is 0 Å². The second-order valence-corrected chi connectivity index (χ2v) is 7.31. The number of aryl methyl sites for hydroxylation is 1. The zero-order chi connectivity index (χ0) is 14.5. The van der Waals surface area contributed by atoms with E-state index in [0.29, 0.717) is 22.3 Å². The summed E-state index contributed by atoms with van der Waals surface area (Å²) in [5.41, 5.74) is 1.03. The number of halogens is 1. The van der Waals surface area contributed by atoms with Gasteiger partial charge in [0, 0.05) is 17.6 Å². The minimum Gasteiger partial charge on any atom is -0.207 e. The Hall–Kier alpha value is -0.910. The van der Waals surface area contributed by atoms with Crippen molar-refractivity contribution in [2.75, 3.05) is 13.1 Å². The van der Waals surface area contributed by atoms with E-state index >= 15 is 0 Å². The minimum atomic E-state index is -3.49. The van der Waals surface area contributed by atoms with Crippen molar-refractivity contribution in [3.05, 3.63) is 53.5 Å². The molecule has 1 aromatic carbocycles. The van der Waals surface area contributed by atoms with E-state index in [0.717, 1.165) is 5.56 Å². The first kappa shape index (κ1) is 16.1. The van der Waals surface area contributed by atoms with Gasteiger partial charge in [0.25, 0.3) is 0 Å². The first-order valence-electron chi connectivity index (χ1n) is 5.89. The quantitative estimate of drug-likeness (QED) is 0.711. The van der Waals surface area contributed by atoms with Crippen molar-refractivity contribution >= 4 is 26.0 Å². The fourth-order valence-corrected chi connectivity index (χ4v) is 3.49.